The normalized spacial score (nSPS) is 11.3. The highest BCUT2D eigenvalue weighted by Crippen LogP contribution is 2.35. The lowest BCUT2D eigenvalue weighted by atomic mass is 10.0. The summed E-state index contributed by atoms with van der Waals surface area (Å²) in [6.07, 6.45) is 5.99. The minimum absolute atomic E-state index is 0.0224. The second-order valence-electron chi connectivity index (χ2n) is 6.41. The summed E-state index contributed by atoms with van der Waals surface area (Å²) in [7, 11) is 3.13. The van der Waals surface area contributed by atoms with Gasteiger partial charge in [-0.2, -0.15) is 0 Å². The van der Waals surface area contributed by atoms with Gasteiger partial charge in [-0.15, -0.1) is 6.42 Å². The number of carbonyl (C=O) groups excluding carboxylic acids is 1. The van der Waals surface area contributed by atoms with E-state index >= 15 is 0 Å². The summed E-state index contributed by atoms with van der Waals surface area (Å²) in [6.45, 7) is -0.0224. The van der Waals surface area contributed by atoms with Crippen molar-refractivity contribution in [3.05, 3.63) is 71.4 Å². The standard InChI is InChI=1S/C24H21ClN2O4/c1-4-14-31-22(16-7-10-18(25)11-8-16)24(28)27-23-19(6-5-13-26-23)17-9-12-20(29-2)21(15-17)30-3/h1,5-13,15,22H,14H2,2-3H3,(H,26,27,28). The number of benzene rings is 2. The van der Waals surface area contributed by atoms with Crippen LogP contribution in [0.5, 0.6) is 11.5 Å². The second kappa shape index (κ2) is 10.5. The second-order valence-corrected chi connectivity index (χ2v) is 6.84. The summed E-state index contributed by atoms with van der Waals surface area (Å²) in [5, 5.41) is 3.40. The van der Waals surface area contributed by atoms with Crippen molar-refractivity contribution in [2.45, 2.75) is 6.10 Å². The van der Waals surface area contributed by atoms with E-state index in [1.165, 1.54) is 0 Å². The van der Waals surface area contributed by atoms with Crippen LogP contribution in [-0.2, 0) is 9.53 Å². The molecule has 6 nitrogen and oxygen atoms in total. The molecule has 0 aliphatic rings. The molecule has 7 heteroatoms. The van der Waals surface area contributed by atoms with E-state index in [4.69, 9.17) is 32.2 Å². The molecule has 0 radical (unpaired) electrons. The minimum atomic E-state index is -0.923. The molecule has 3 aromatic rings. The molecule has 1 unspecified atom stereocenters. The van der Waals surface area contributed by atoms with Gasteiger partial charge in [0, 0.05) is 16.8 Å². The number of amides is 1. The number of aromatic nitrogens is 1. The predicted molar refractivity (Wildman–Crippen MR) is 120 cm³/mol. The van der Waals surface area contributed by atoms with Crippen LogP contribution in [0.15, 0.2) is 60.8 Å². The number of pyridine rings is 1. The number of nitrogens with zero attached hydrogens (tertiary/aromatic N) is 1. The van der Waals surface area contributed by atoms with E-state index < -0.39 is 12.0 Å². The van der Waals surface area contributed by atoms with Crippen molar-refractivity contribution < 1.29 is 19.0 Å². The number of nitrogens with one attached hydrogen (secondary N) is 1. The summed E-state index contributed by atoms with van der Waals surface area (Å²) in [6, 6.07) is 15.9. The van der Waals surface area contributed by atoms with E-state index in [-0.39, 0.29) is 6.61 Å². The third-order valence-electron chi connectivity index (χ3n) is 4.49. The van der Waals surface area contributed by atoms with Crippen molar-refractivity contribution in [1.82, 2.24) is 4.98 Å². The third kappa shape index (κ3) is 5.34. The number of rotatable bonds is 8. The van der Waals surface area contributed by atoms with E-state index in [1.807, 2.05) is 18.2 Å². The Morgan fingerprint density at radius 3 is 2.55 bits per heavy atom. The SMILES string of the molecule is C#CCOC(C(=O)Nc1ncccc1-c1ccc(OC)c(OC)c1)c1ccc(Cl)cc1. The Kier molecular flexibility index (Phi) is 7.50. The smallest absolute Gasteiger partial charge is 0.259 e. The molecule has 1 N–H and O–H groups in total. The molecule has 0 saturated carbocycles. The largest absolute Gasteiger partial charge is 0.493 e. The summed E-state index contributed by atoms with van der Waals surface area (Å²) < 4.78 is 16.3. The van der Waals surface area contributed by atoms with Gasteiger partial charge in [-0.25, -0.2) is 4.98 Å². The van der Waals surface area contributed by atoms with Gasteiger partial charge in [-0.05, 0) is 47.5 Å². The number of hydrogen-bond donors (Lipinski definition) is 1. The predicted octanol–water partition coefficient (Wildman–Crippen LogP) is 4.75. The number of halogens is 1. The Hall–Kier alpha value is -3.53. The number of methoxy groups -OCH3 is 2. The van der Waals surface area contributed by atoms with E-state index in [0.717, 1.165) is 5.56 Å². The first-order valence-corrected chi connectivity index (χ1v) is 9.74. The monoisotopic (exact) mass is 436 g/mol. The molecule has 1 atom stereocenters. The highest BCUT2D eigenvalue weighted by molar-refractivity contribution is 6.30. The van der Waals surface area contributed by atoms with Crippen LogP contribution in [0.25, 0.3) is 11.1 Å². The first kappa shape index (κ1) is 22.2. The van der Waals surface area contributed by atoms with Crippen LogP contribution >= 0.6 is 11.6 Å². The van der Waals surface area contributed by atoms with Crippen LogP contribution in [0.4, 0.5) is 5.82 Å². The Labute approximate surface area is 186 Å². The molecule has 0 bridgehead atoms. The molecule has 1 heterocycles. The Bertz CT molecular complexity index is 1090. The van der Waals surface area contributed by atoms with Gasteiger partial charge in [0.1, 0.15) is 12.4 Å². The maximum Gasteiger partial charge on any atom is 0.259 e. The fourth-order valence-corrected chi connectivity index (χ4v) is 3.14. The fourth-order valence-electron chi connectivity index (χ4n) is 3.02. The highest BCUT2D eigenvalue weighted by Gasteiger charge is 2.23. The van der Waals surface area contributed by atoms with Gasteiger partial charge in [0.25, 0.3) is 5.91 Å². The van der Waals surface area contributed by atoms with Crippen LogP contribution in [0.2, 0.25) is 5.02 Å². The lowest BCUT2D eigenvalue weighted by Gasteiger charge is -2.18. The van der Waals surface area contributed by atoms with Crippen LogP contribution < -0.4 is 14.8 Å². The van der Waals surface area contributed by atoms with Gasteiger partial charge in [0.15, 0.2) is 17.6 Å². The van der Waals surface area contributed by atoms with Gasteiger partial charge in [-0.1, -0.05) is 35.7 Å². The zero-order valence-corrected chi connectivity index (χ0v) is 17.8. The molecule has 0 aliphatic heterocycles. The molecule has 0 aliphatic carbocycles. The summed E-state index contributed by atoms with van der Waals surface area (Å²) in [5.74, 6) is 3.53. The van der Waals surface area contributed by atoms with Gasteiger partial charge in [0.05, 0.1) is 14.2 Å². The number of carbonyl (C=O) groups is 1. The number of anilines is 1. The number of hydrogen-bond acceptors (Lipinski definition) is 5. The molecule has 0 saturated heterocycles. The zero-order chi connectivity index (χ0) is 22.2. The van der Waals surface area contributed by atoms with Crippen LogP contribution in [0, 0.1) is 12.3 Å². The van der Waals surface area contributed by atoms with E-state index in [0.29, 0.717) is 33.5 Å². The average molecular weight is 437 g/mol. The third-order valence-corrected chi connectivity index (χ3v) is 4.74. The Morgan fingerprint density at radius 2 is 1.87 bits per heavy atom. The average Bonchev–Trinajstić information content (AvgIpc) is 2.80. The molecule has 31 heavy (non-hydrogen) atoms. The van der Waals surface area contributed by atoms with Crippen molar-refractivity contribution in [3.63, 3.8) is 0 Å². The summed E-state index contributed by atoms with van der Waals surface area (Å²) in [4.78, 5) is 17.4. The van der Waals surface area contributed by atoms with Crippen molar-refractivity contribution in [3.8, 4) is 35.0 Å². The van der Waals surface area contributed by atoms with Gasteiger partial charge >= 0.3 is 0 Å². The maximum atomic E-state index is 13.1. The molecular weight excluding hydrogens is 416 g/mol. The van der Waals surface area contributed by atoms with E-state index in [9.17, 15) is 4.79 Å². The fraction of sp³-hybridized carbons (Fsp3) is 0.167. The van der Waals surface area contributed by atoms with Crippen molar-refractivity contribution in [2.24, 2.45) is 0 Å². The van der Waals surface area contributed by atoms with Crippen molar-refractivity contribution >= 4 is 23.3 Å². The first-order valence-electron chi connectivity index (χ1n) is 9.36. The number of terminal acetylenes is 1. The topological polar surface area (TPSA) is 69.7 Å². The van der Waals surface area contributed by atoms with Crippen LogP contribution in [0.1, 0.15) is 11.7 Å². The molecule has 2 aromatic carbocycles. The summed E-state index contributed by atoms with van der Waals surface area (Å²) in [5.41, 5.74) is 2.14. The molecule has 0 fully saturated rings. The summed E-state index contributed by atoms with van der Waals surface area (Å²) >= 11 is 5.96. The maximum absolute atomic E-state index is 13.1. The van der Waals surface area contributed by atoms with Gasteiger partial charge < -0.3 is 19.5 Å². The molecular formula is C24H21ClN2O4. The van der Waals surface area contributed by atoms with E-state index in [1.54, 1.807) is 56.8 Å². The van der Waals surface area contributed by atoms with Crippen molar-refractivity contribution in [2.75, 3.05) is 26.1 Å². The Morgan fingerprint density at radius 1 is 1.13 bits per heavy atom. The lowest BCUT2D eigenvalue weighted by Crippen LogP contribution is -2.24. The molecule has 3 rings (SSSR count). The van der Waals surface area contributed by atoms with E-state index in [2.05, 4.69) is 16.2 Å². The molecule has 1 amide bonds. The van der Waals surface area contributed by atoms with Crippen molar-refractivity contribution in [1.29, 1.82) is 0 Å². The zero-order valence-electron chi connectivity index (χ0n) is 17.1. The minimum Gasteiger partial charge on any atom is -0.493 e. The quantitative estimate of drug-likeness (QED) is 0.516. The van der Waals surface area contributed by atoms with Crippen LogP contribution in [0.3, 0.4) is 0 Å². The van der Waals surface area contributed by atoms with Crippen LogP contribution in [-0.4, -0.2) is 31.7 Å². The first-order chi connectivity index (χ1) is 15.1. The molecule has 0 spiro atoms. The lowest BCUT2D eigenvalue weighted by molar-refractivity contribution is -0.127. The van der Waals surface area contributed by atoms with Gasteiger partial charge in [0.2, 0.25) is 0 Å². The van der Waals surface area contributed by atoms with Gasteiger partial charge in [-0.3, -0.25) is 4.79 Å². The number of ether oxygens (including phenoxy) is 3. The highest BCUT2D eigenvalue weighted by atomic mass is 35.5. The Balaban J connectivity index is 1.92. The molecule has 1 aromatic heterocycles. The molecule has 158 valence electrons.